The first-order valence-electron chi connectivity index (χ1n) is 4.90. The summed E-state index contributed by atoms with van der Waals surface area (Å²) in [6.45, 7) is 2.04. The predicted molar refractivity (Wildman–Crippen MR) is 84.7 cm³/mol. The zero-order valence-corrected chi connectivity index (χ0v) is 14.7. The SMILES string of the molecule is CNC(c1cc(C)c(Cl)s1)c1cc(Br)c(Br)s1. The van der Waals surface area contributed by atoms with Crippen LogP contribution in [0.3, 0.4) is 0 Å². The normalized spacial score (nSPS) is 13.0. The lowest BCUT2D eigenvalue weighted by Crippen LogP contribution is -2.15. The Morgan fingerprint density at radius 2 is 1.88 bits per heavy atom. The van der Waals surface area contributed by atoms with E-state index in [-0.39, 0.29) is 6.04 Å². The van der Waals surface area contributed by atoms with Crippen LogP contribution in [0.25, 0.3) is 0 Å². The Hall–Kier alpha value is 0.610. The van der Waals surface area contributed by atoms with E-state index in [2.05, 4.69) is 49.3 Å². The second kappa shape index (κ2) is 5.72. The highest BCUT2D eigenvalue weighted by Gasteiger charge is 2.19. The fourth-order valence-corrected chi connectivity index (χ4v) is 5.20. The van der Waals surface area contributed by atoms with Gasteiger partial charge in [-0.3, -0.25) is 0 Å². The minimum absolute atomic E-state index is 0.207. The average molecular weight is 416 g/mol. The van der Waals surface area contributed by atoms with Gasteiger partial charge in [-0.15, -0.1) is 22.7 Å². The third-order valence-electron chi connectivity index (χ3n) is 2.40. The summed E-state index contributed by atoms with van der Waals surface area (Å²) in [6, 6.07) is 4.49. The van der Waals surface area contributed by atoms with Gasteiger partial charge in [-0.2, -0.15) is 0 Å². The smallest absolute Gasteiger partial charge is 0.0961 e. The van der Waals surface area contributed by atoms with E-state index >= 15 is 0 Å². The molecule has 1 nitrogen and oxygen atoms in total. The topological polar surface area (TPSA) is 12.0 Å². The van der Waals surface area contributed by atoms with Crippen molar-refractivity contribution in [1.82, 2.24) is 5.32 Å². The molecule has 2 aromatic rings. The molecule has 0 aliphatic carbocycles. The molecule has 2 heterocycles. The van der Waals surface area contributed by atoms with Crippen molar-refractivity contribution in [2.45, 2.75) is 13.0 Å². The van der Waals surface area contributed by atoms with Gasteiger partial charge in [-0.05, 0) is 63.5 Å². The molecule has 0 spiro atoms. The summed E-state index contributed by atoms with van der Waals surface area (Å²) < 4.78 is 3.08. The fraction of sp³-hybridized carbons (Fsp3) is 0.273. The Labute approximate surface area is 130 Å². The highest BCUT2D eigenvalue weighted by atomic mass is 79.9. The van der Waals surface area contributed by atoms with Crippen molar-refractivity contribution in [3.05, 3.63) is 40.0 Å². The van der Waals surface area contributed by atoms with E-state index in [0.717, 1.165) is 18.2 Å². The molecule has 2 aromatic heterocycles. The standard InChI is InChI=1S/C11H10Br2ClNS2/c1-5-3-7(17-11(5)14)9(15-2)8-4-6(12)10(13)16-8/h3-4,9,15H,1-2H3. The largest absolute Gasteiger partial charge is 0.308 e. The van der Waals surface area contributed by atoms with Crippen molar-refractivity contribution in [3.63, 3.8) is 0 Å². The number of hydrogen-bond acceptors (Lipinski definition) is 3. The fourth-order valence-electron chi connectivity index (χ4n) is 1.56. The van der Waals surface area contributed by atoms with E-state index in [1.165, 1.54) is 9.75 Å². The lowest BCUT2D eigenvalue weighted by molar-refractivity contribution is 0.716. The number of aryl methyl sites for hydroxylation is 1. The van der Waals surface area contributed by atoms with E-state index in [0.29, 0.717) is 0 Å². The van der Waals surface area contributed by atoms with Crippen LogP contribution in [-0.4, -0.2) is 7.05 Å². The molecular formula is C11H10Br2ClNS2. The molecule has 0 saturated heterocycles. The van der Waals surface area contributed by atoms with Gasteiger partial charge >= 0.3 is 0 Å². The number of rotatable bonds is 3. The molecule has 1 N–H and O–H groups in total. The third kappa shape index (κ3) is 2.96. The number of thiophene rings is 2. The maximum atomic E-state index is 6.13. The highest BCUT2D eigenvalue weighted by molar-refractivity contribution is 9.13. The van der Waals surface area contributed by atoms with Gasteiger partial charge in [0.05, 0.1) is 14.2 Å². The molecule has 0 aromatic carbocycles. The van der Waals surface area contributed by atoms with Crippen LogP contribution in [0.5, 0.6) is 0 Å². The van der Waals surface area contributed by atoms with E-state index < -0.39 is 0 Å². The van der Waals surface area contributed by atoms with Crippen molar-refractivity contribution in [2.75, 3.05) is 7.05 Å². The van der Waals surface area contributed by atoms with Gasteiger partial charge < -0.3 is 5.32 Å². The molecule has 0 fully saturated rings. The summed E-state index contributed by atoms with van der Waals surface area (Å²) in [5.74, 6) is 0. The minimum atomic E-state index is 0.207. The van der Waals surface area contributed by atoms with Crippen LogP contribution in [0.2, 0.25) is 4.34 Å². The van der Waals surface area contributed by atoms with Gasteiger partial charge in [-0.1, -0.05) is 11.6 Å². The Balaban J connectivity index is 2.39. The molecule has 2 rings (SSSR count). The van der Waals surface area contributed by atoms with Crippen LogP contribution < -0.4 is 5.32 Å². The maximum absolute atomic E-state index is 6.13. The van der Waals surface area contributed by atoms with Crippen LogP contribution in [0.4, 0.5) is 0 Å². The van der Waals surface area contributed by atoms with Crippen molar-refractivity contribution in [1.29, 1.82) is 0 Å². The Kier molecular flexibility index (Phi) is 4.72. The first-order valence-corrected chi connectivity index (χ1v) is 8.50. The minimum Gasteiger partial charge on any atom is -0.308 e. The van der Waals surface area contributed by atoms with Crippen molar-refractivity contribution in [2.24, 2.45) is 0 Å². The lowest BCUT2D eigenvalue weighted by Gasteiger charge is -2.11. The number of nitrogens with one attached hydrogen (secondary N) is 1. The Bertz CT molecular complexity index is 450. The summed E-state index contributed by atoms with van der Waals surface area (Å²) in [5, 5.41) is 3.34. The van der Waals surface area contributed by atoms with Crippen LogP contribution in [-0.2, 0) is 0 Å². The van der Waals surface area contributed by atoms with Crippen molar-refractivity contribution < 1.29 is 0 Å². The van der Waals surface area contributed by atoms with Crippen LogP contribution in [0, 0.1) is 6.92 Å². The summed E-state index contributed by atoms with van der Waals surface area (Å²) in [4.78, 5) is 2.51. The zero-order valence-electron chi connectivity index (χ0n) is 9.18. The van der Waals surface area contributed by atoms with E-state index in [4.69, 9.17) is 11.6 Å². The molecule has 1 atom stereocenters. The Morgan fingerprint density at radius 1 is 1.24 bits per heavy atom. The van der Waals surface area contributed by atoms with Crippen molar-refractivity contribution in [3.8, 4) is 0 Å². The first-order chi connectivity index (χ1) is 8.02. The Morgan fingerprint density at radius 3 is 2.29 bits per heavy atom. The molecule has 0 saturated carbocycles. The van der Waals surface area contributed by atoms with Gasteiger partial charge in [-0.25, -0.2) is 0 Å². The summed E-state index contributed by atoms with van der Waals surface area (Å²) >= 11 is 16.5. The second-order valence-electron chi connectivity index (χ2n) is 3.60. The molecule has 0 bridgehead atoms. The lowest BCUT2D eigenvalue weighted by atomic mass is 10.2. The molecule has 0 aliphatic heterocycles. The van der Waals surface area contributed by atoms with Crippen LogP contribution in [0.1, 0.15) is 21.4 Å². The molecule has 1 unspecified atom stereocenters. The van der Waals surface area contributed by atoms with Gasteiger partial charge in [0.2, 0.25) is 0 Å². The van der Waals surface area contributed by atoms with Gasteiger partial charge in [0.15, 0.2) is 0 Å². The molecule has 17 heavy (non-hydrogen) atoms. The molecule has 0 aliphatic rings. The zero-order chi connectivity index (χ0) is 12.6. The van der Waals surface area contributed by atoms with Crippen molar-refractivity contribution >= 4 is 66.1 Å². The van der Waals surface area contributed by atoms with Crippen LogP contribution >= 0.6 is 66.1 Å². The maximum Gasteiger partial charge on any atom is 0.0961 e. The highest BCUT2D eigenvalue weighted by Crippen LogP contribution is 2.40. The van der Waals surface area contributed by atoms with Gasteiger partial charge in [0.25, 0.3) is 0 Å². The molecule has 0 amide bonds. The molecule has 92 valence electrons. The van der Waals surface area contributed by atoms with E-state index in [1.54, 1.807) is 22.7 Å². The van der Waals surface area contributed by atoms with Crippen LogP contribution in [0.15, 0.2) is 20.4 Å². The van der Waals surface area contributed by atoms with E-state index in [1.807, 2.05) is 14.0 Å². The quantitative estimate of drug-likeness (QED) is 0.687. The van der Waals surface area contributed by atoms with Gasteiger partial charge in [0.1, 0.15) is 0 Å². The second-order valence-corrected chi connectivity index (χ2v) is 8.54. The van der Waals surface area contributed by atoms with Gasteiger partial charge in [0, 0.05) is 14.2 Å². The molecule has 6 heteroatoms. The first kappa shape index (κ1) is 14.0. The summed E-state index contributed by atoms with van der Waals surface area (Å²) in [7, 11) is 1.97. The van der Waals surface area contributed by atoms with E-state index in [9.17, 15) is 0 Å². The molecule has 0 radical (unpaired) electrons. The monoisotopic (exact) mass is 413 g/mol. The summed E-state index contributed by atoms with van der Waals surface area (Å²) in [6.07, 6.45) is 0. The summed E-state index contributed by atoms with van der Waals surface area (Å²) in [5.41, 5.74) is 1.14. The molecular weight excluding hydrogens is 406 g/mol. The average Bonchev–Trinajstić information content (AvgIpc) is 2.75. The predicted octanol–water partition coefficient (Wildman–Crippen LogP) is 5.61. The number of halogens is 3. The number of hydrogen-bond donors (Lipinski definition) is 1. The third-order valence-corrected chi connectivity index (χ3v) is 7.34.